The smallest absolute Gasteiger partial charge is 0.227 e. The van der Waals surface area contributed by atoms with Crippen LogP contribution < -0.4 is 5.73 Å². The third-order valence-corrected chi connectivity index (χ3v) is 1.41. The molecule has 1 amide bonds. The number of carbonyl (C=O) groups excluding carboxylic acids is 1. The molecule has 0 fully saturated rings. The van der Waals surface area contributed by atoms with Crippen molar-refractivity contribution in [3.8, 4) is 0 Å². The van der Waals surface area contributed by atoms with Gasteiger partial charge in [0.2, 0.25) is 5.91 Å². The summed E-state index contributed by atoms with van der Waals surface area (Å²) in [5, 5.41) is 0. The zero-order valence-electron chi connectivity index (χ0n) is 3.44. The van der Waals surface area contributed by atoms with Crippen molar-refractivity contribution in [2.24, 2.45) is 5.73 Å². The SMILES string of the molecule is NC(=O)C([SiH3])Br. The van der Waals surface area contributed by atoms with E-state index in [0.29, 0.717) is 0 Å². The maximum Gasteiger partial charge on any atom is 0.227 e. The number of hydrogen-bond acceptors (Lipinski definition) is 1. The molecule has 0 aliphatic carbocycles. The Morgan fingerprint density at radius 3 is 2.17 bits per heavy atom. The summed E-state index contributed by atoms with van der Waals surface area (Å²) in [7, 11) is 0.796. The van der Waals surface area contributed by atoms with Crippen LogP contribution in [0.2, 0.25) is 0 Å². The highest BCUT2D eigenvalue weighted by Crippen LogP contribution is 1.87. The number of rotatable bonds is 1. The minimum absolute atomic E-state index is 0.0579. The van der Waals surface area contributed by atoms with Crippen molar-refractivity contribution in [2.75, 3.05) is 0 Å². The highest BCUT2D eigenvalue weighted by atomic mass is 79.9. The number of hydrogen-bond donors (Lipinski definition) is 1. The lowest BCUT2D eigenvalue weighted by Gasteiger charge is -1.88. The third kappa shape index (κ3) is 2.41. The summed E-state index contributed by atoms with van der Waals surface area (Å²) in [6.45, 7) is 0. The third-order valence-electron chi connectivity index (χ3n) is 0.392. The number of alkyl halides is 1. The van der Waals surface area contributed by atoms with Crippen molar-refractivity contribution >= 4 is 32.1 Å². The van der Waals surface area contributed by atoms with Crippen LogP contribution >= 0.6 is 15.9 Å². The van der Waals surface area contributed by atoms with Crippen LogP contribution in [-0.2, 0) is 4.79 Å². The molecule has 0 radical (unpaired) electrons. The summed E-state index contributed by atoms with van der Waals surface area (Å²) in [6.07, 6.45) is 0. The van der Waals surface area contributed by atoms with Gasteiger partial charge in [-0.2, -0.15) is 0 Å². The second-order valence-corrected chi connectivity index (χ2v) is 5.24. The second-order valence-electron chi connectivity index (χ2n) is 1.02. The van der Waals surface area contributed by atoms with Gasteiger partial charge < -0.3 is 5.73 Å². The van der Waals surface area contributed by atoms with Crippen molar-refractivity contribution in [1.82, 2.24) is 0 Å². The average molecular weight is 168 g/mol. The summed E-state index contributed by atoms with van der Waals surface area (Å²) in [4.78, 5) is 9.91. The number of halogens is 1. The quantitative estimate of drug-likeness (QED) is 0.378. The fourth-order valence-corrected chi connectivity index (χ4v) is 0. The summed E-state index contributed by atoms with van der Waals surface area (Å²) in [5.74, 6) is -0.262. The molecule has 4 heteroatoms. The lowest BCUT2D eigenvalue weighted by molar-refractivity contribution is -0.116. The lowest BCUT2D eigenvalue weighted by Crippen LogP contribution is -2.22. The first-order valence-electron chi connectivity index (χ1n) is 1.58. The second kappa shape index (κ2) is 2.36. The van der Waals surface area contributed by atoms with Crippen LogP contribution in [0.1, 0.15) is 0 Å². The molecule has 0 rings (SSSR count). The molecule has 0 aliphatic rings. The Bertz CT molecular complexity index is 64.6. The molecule has 0 aromatic rings. The molecular formula is C2H6BrNOSi. The molecule has 0 aliphatic heterocycles. The molecule has 0 aromatic heterocycles. The number of carbonyl (C=O) groups is 1. The van der Waals surface area contributed by atoms with Crippen LogP contribution in [0.4, 0.5) is 0 Å². The minimum Gasteiger partial charge on any atom is -0.369 e. The van der Waals surface area contributed by atoms with Crippen LogP contribution in [-0.4, -0.2) is 20.6 Å². The van der Waals surface area contributed by atoms with Crippen LogP contribution in [0.25, 0.3) is 0 Å². The van der Waals surface area contributed by atoms with Gasteiger partial charge in [0.05, 0.1) is 4.45 Å². The Morgan fingerprint density at radius 1 is 2.00 bits per heavy atom. The number of nitrogens with two attached hydrogens (primary N) is 1. The van der Waals surface area contributed by atoms with Crippen LogP contribution in [0.3, 0.4) is 0 Å². The van der Waals surface area contributed by atoms with E-state index in [2.05, 4.69) is 15.9 Å². The molecule has 2 N–H and O–H groups in total. The maximum atomic E-state index is 9.91. The van der Waals surface area contributed by atoms with Crippen molar-refractivity contribution in [3.63, 3.8) is 0 Å². The molecule has 0 heterocycles. The van der Waals surface area contributed by atoms with Gasteiger partial charge in [-0.3, -0.25) is 4.79 Å². The van der Waals surface area contributed by atoms with Crippen LogP contribution in [0.15, 0.2) is 0 Å². The Kier molecular flexibility index (Phi) is 2.42. The Balaban J connectivity index is 3.26. The highest BCUT2D eigenvalue weighted by Gasteiger charge is 1.98. The van der Waals surface area contributed by atoms with Crippen molar-refractivity contribution in [1.29, 1.82) is 0 Å². The van der Waals surface area contributed by atoms with Gasteiger partial charge in [-0.15, -0.1) is 0 Å². The summed E-state index contributed by atoms with van der Waals surface area (Å²) >= 11 is 3.03. The lowest BCUT2D eigenvalue weighted by atomic mass is 10.8. The van der Waals surface area contributed by atoms with E-state index < -0.39 is 0 Å². The monoisotopic (exact) mass is 167 g/mol. The van der Waals surface area contributed by atoms with E-state index >= 15 is 0 Å². The van der Waals surface area contributed by atoms with Crippen molar-refractivity contribution in [2.45, 2.75) is 4.45 Å². The predicted molar refractivity (Wildman–Crippen MR) is 31.8 cm³/mol. The molecule has 6 heavy (non-hydrogen) atoms. The van der Waals surface area contributed by atoms with Crippen molar-refractivity contribution < 1.29 is 4.79 Å². The van der Waals surface area contributed by atoms with Gasteiger partial charge in [0.25, 0.3) is 0 Å². The molecule has 0 saturated carbocycles. The molecule has 0 bridgehead atoms. The summed E-state index contributed by atoms with van der Waals surface area (Å²) in [6, 6.07) is 0. The number of primary amides is 1. The first kappa shape index (κ1) is 6.17. The van der Waals surface area contributed by atoms with Crippen molar-refractivity contribution in [3.05, 3.63) is 0 Å². The zero-order chi connectivity index (χ0) is 5.15. The first-order chi connectivity index (χ1) is 2.64. The van der Waals surface area contributed by atoms with Gasteiger partial charge in [-0.05, 0) is 0 Å². The van der Waals surface area contributed by atoms with E-state index in [1.54, 1.807) is 0 Å². The normalized spacial score (nSPS) is 14.2. The van der Waals surface area contributed by atoms with E-state index in [9.17, 15) is 4.79 Å². The van der Waals surface area contributed by atoms with Gasteiger partial charge in [-0.25, -0.2) is 0 Å². The Morgan fingerprint density at radius 2 is 2.17 bits per heavy atom. The van der Waals surface area contributed by atoms with Gasteiger partial charge in [0, 0.05) is 10.2 Å². The number of amides is 1. The van der Waals surface area contributed by atoms with Gasteiger partial charge in [-0.1, -0.05) is 15.9 Å². The minimum atomic E-state index is -0.262. The molecule has 0 spiro atoms. The van der Waals surface area contributed by atoms with Gasteiger partial charge in [0.15, 0.2) is 0 Å². The standard InChI is InChI=1S/C2H6BrNOSi/c3-1(6)2(4)5/h1H,6H3,(H2,4,5). The molecule has 1 atom stereocenters. The average Bonchev–Trinajstić information content (AvgIpc) is 1.36. The predicted octanol–water partition coefficient (Wildman–Crippen LogP) is -1.44. The molecule has 0 aromatic carbocycles. The highest BCUT2D eigenvalue weighted by molar-refractivity contribution is 9.10. The first-order valence-corrected chi connectivity index (χ1v) is 3.65. The van der Waals surface area contributed by atoms with E-state index in [4.69, 9.17) is 5.73 Å². The Hall–Kier alpha value is 0.167. The topological polar surface area (TPSA) is 43.1 Å². The van der Waals surface area contributed by atoms with E-state index in [-0.39, 0.29) is 10.4 Å². The molecular weight excluding hydrogens is 162 g/mol. The largest absolute Gasteiger partial charge is 0.369 e. The van der Waals surface area contributed by atoms with Crippen LogP contribution in [0, 0.1) is 0 Å². The Labute approximate surface area is 47.6 Å². The van der Waals surface area contributed by atoms with Gasteiger partial charge in [0.1, 0.15) is 0 Å². The van der Waals surface area contributed by atoms with Gasteiger partial charge >= 0.3 is 0 Å². The van der Waals surface area contributed by atoms with Crippen LogP contribution in [0.5, 0.6) is 0 Å². The van der Waals surface area contributed by atoms with E-state index in [1.807, 2.05) is 0 Å². The maximum absolute atomic E-state index is 9.91. The summed E-state index contributed by atoms with van der Waals surface area (Å²) in [5.41, 5.74) is 4.78. The molecule has 0 saturated heterocycles. The molecule has 1 unspecified atom stereocenters. The molecule has 36 valence electrons. The fourth-order valence-electron chi connectivity index (χ4n) is 0. The molecule has 2 nitrogen and oxygen atoms in total. The van der Waals surface area contributed by atoms with E-state index in [0.717, 1.165) is 10.2 Å². The zero-order valence-corrected chi connectivity index (χ0v) is 7.03. The summed E-state index contributed by atoms with van der Waals surface area (Å²) < 4.78 is -0.0579. The fraction of sp³-hybridized carbons (Fsp3) is 0.500. The van der Waals surface area contributed by atoms with E-state index in [1.165, 1.54) is 0 Å².